The summed E-state index contributed by atoms with van der Waals surface area (Å²) in [7, 11) is 0. The van der Waals surface area contributed by atoms with Gasteiger partial charge in [-0.25, -0.2) is 4.79 Å². The molecule has 2 fully saturated rings. The predicted octanol–water partition coefficient (Wildman–Crippen LogP) is 9.04. The number of aromatic nitrogens is 1. The Morgan fingerprint density at radius 2 is 1.09 bits per heavy atom. The summed E-state index contributed by atoms with van der Waals surface area (Å²) in [5, 5.41) is 6.68. The van der Waals surface area contributed by atoms with E-state index in [9.17, 15) is 14.4 Å². The Morgan fingerprint density at radius 1 is 0.545 bits per heavy atom. The highest BCUT2D eigenvalue weighted by Crippen LogP contribution is 2.51. The molecule has 5 heteroatoms. The fourth-order valence-electron chi connectivity index (χ4n) is 9.97. The Kier molecular flexibility index (Phi) is 4.32. The molecule has 3 aromatic heterocycles. The molecule has 6 aliphatic carbocycles. The molecule has 2 saturated carbocycles. The molecule has 0 amide bonds. The second-order valence-corrected chi connectivity index (χ2v) is 14.0. The average molecular weight is 576 g/mol. The van der Waals surface area contributed by atoms with Crippen molar-refractivity contribution < 1.29 is 14.0 Å². The monoisotopic (exact) mass is 575 g/mol. The minimum atomic E-state index is -0.331. The third-order valence-electron chi connectivity index (χ3n) is 12.1. The highest BCUT2D eigenvalue weighted by atomic mass is 16.4. The number of carbonyl (C=O) groups is 2. The van der Waals surface area contributed by atoms with Gasteiger partial charge in [-0.2, -0.15) is 0 Å². The van der Waals surface area contributed by atoms with Crippen LogP contribution in [0, 0.1) is 11.8 Å². The van der Waals surface area contributed by atoms with Crippen molar-refractivity contribution in [1.29, 1.82) is 0 Å². The van der Waals surface area contributed by atoms with E-state index >= 15 is 0 Å². The second-order valence-electron chi connectivity index (χ2n) is 14.0. The minimum Gasteiger partial charge on any atom is -0.422 e. The van der Waals surface area contributed by atoms with Crippen molar-refractivity contribution in [2.75, 3.05) is 0 Å². The Morgan fingerprint density at radius 3 is 1.73 bits per heavy atom. The molecule has 4 aromatic carbocycles. The Labute approximate surface area is 251 Å². The summed E-state index contributed by atoms with van der Waals surface area (Å²) in [6.07, 6.45) is 8.08. The number of Topliss-reactive ketones (excluding diaryl/α,β-unsaturated/α-hetero) is 2. The number of hydrogen-bond donors (Lipinski definition) is 0. The fourth-order valence-corrected chi connectivity index (χ4v) is 9.97. The molecular weight excluding hydrogens is 546 g/mol. The number of hydrogen-bond acceptors (Lipinski definition) is 4. The van der Waals surface area contributed by atoms with Gasteiger partial charge < -0.3 is 8.82 Å². The molecule has 5 nitrogen and oxygen atoms in total. The molecular formula is C39H29NO4. The summed E-state index contributed by atoms with van der Waals surface area (Å²) in [5.41, 5.74) is 7.44. The zero-order chi connectivity index (χ0) is 29.0. The zero-order valence-corrected chi connectivity index (χ0v) is 24.2. The van der Waals surface area contributed by atoms with Crippen LogP contribution in [0.4, 0.5) is 0 Å². The molecule has 214 valence electrons. The van der Waals surface area contributed by atoms with Gasteiger partial charge >= 0.3 is 5.63 Å². The summed E-state index contributed by atoms with van der Waals surface area (Å²) in [6, 6.07) is 18.7. The van der Waals surface area contributed by atoms with Gasteiger partial charge in [0, 0.05) is 55.3 Å². The Hall–Kier alpha value is -4.51. The first kappa shape index (κ1) is 23.9. The molecule has 0 saturated heterocycles. The summed E-state index contributed by atoms with van der Waals surface area (Å²) in [4.78, 5) is 41.0. The fraction of sp³-hybridized carbons (Fsp3) is 0.308. The van der Waals surface area contributed by atoms with E-state index in [1.165, 1.54) is 11.1 Å². The van der Waals surface area contributed by atoms with Crippen LogP contribution in [-0.2, 0) is 0 Å². The first-order valence-corrected chi connectivity index (χ1v) is 16.3. The first-order chi connectivity index (χ1) is 21.5. The van der Waals surface area contributed by atoms with E-state index in [2.05, 4.69) is 28.7 Å². The third-order valence-corrected chi connectivity index (χ3v) is 12.1. The highest BCUT2D eigenvalue weighted by molar-refractivity contribution is 6.35. The van der Waals surface area contributed by atoms with Gasteiger partial charge in [0.05, 0.1) is 21.9 Å². The van der Waals surface area contributed by atoms with Crippen molar-refractivity contribution >= 4 is 71.4 Å². The van der Waals surface area contributed by atoms with Crippen LogP contribution < -0.4 is 5.63 Å². The molecule has 0 spiro atoms. The van der Waals surface area contributed by atoms with Crippen LogP contribution in [0.5, 0.6) is 0 Å². The van der Waals surface area contributed by atoms with E-state index in [-0.39, 0.29) is 29.0 Å². The largest absolute Gasteiger partial charge is 0.422 e. The van der Waals surface area contributed by atoms with Crippen molar-refractivity contribution in [3.05, 3.63) is 87.3 Å². The van der Waals surface area contributed by atoms with E-state index in [4.69, 9.17) is 4.42 Å². The number of rotatable bonds is 0. The van der Waals surface area contributed by atoms with E-state index < -0.39 is 0 Å². The van der Waals surface area contributed by atoms with Crippen LogP contribution in [0.15, 0.2) is 63.8 Å². The van der Waals surface area contributed by atoms with Gasteiger partial charge in [-0.1, -0.05) is 18.2 Å². The lowest BCUT2D eigenvalue weighted by Crippen LogP contribution is -2.15. The summed E-state index contributed by atoms with van der Waals surface area (Å²) < 4.78 is 8.42. The first-order valence-electron chi connectivity index (χ1n) is 16.3. The predicted molar refractivity (Wildman–Crippen MR) is 173 cm³/mol. The standard InChI is InChI=1S/C39H29NO4/c41-37-20-9-5-18(6-10-20)24-13-26-27-17-33-34(22-3-1-2-4-23(22)39(43)44-33)35-30-14-25-19-7-11-21(12-8-19)38(42)29(25)16-32(30)40(36(27)35)31(26)15-28(24)37/h1-4,13-21H,5-12H2. The summed E-state index contributed by atoms with van der Waals surface area (Å²) in [5.74, 6) is 1.58. The maximum absolute atomic E-state index is 13.9. The van der Waals surface area contributed by atoms with E-state index in [0.717, 1.165) is 111 Å². The molecule has 0 aliphatic heterocycles. The molecule has 3 heterocycles. The topological polar surface area (TPSA) is 68.8 Å². The highest BCUT2D eigenvalue weighted by Gasteiger charge is 2.38. The Bertz CT molecular complexity index is 2530. The number of ketones is 2. The van der Waals surface area contributed by atoms with Gasteiger partial charge in [-0.3, -0.25) is 9.59 Å². The maximum Gasteiger partial charge on any atom is 0.344 e. The minimum absolute atomic E-state index is 0.110. The normalized spacial score (nSPS) is 24.7. The van der Waals surface area contributed by atoms with Crippen LogP contribution in [0.1, 0.15) is 95.0 Å². The van der Waals surface area contributed by atoms with Crippen LogP contribution in [-0.4, -0.2) is 16.0 Å². The average Bonchev–Trinajstić information content (AvgIpc) is 3.37. The SMILES string of the molecule is O=C1c2cc3c(cc2C2CCC1CC2)c1cc2oc(=O)c4ccccc4c2c2c4cc5c(cc4n3c12)C(=O)C1CCC5CC1. The number of nitrogens with zero attached hydrogens (tertiary/aromatic N) is 1. The van der Waals surface area contributed by atoms with Crippen LogP contribution >= 0.6 is 0 Å². The molecule has 0 atom stereocenters. The molecule has 6 aliphatic rings. The molecule has 0 N–H and O–H groups in total. The number of carbonyl (C=O) groups excluding carboxylic acids is 2. The third kappa shape index (κ3) is 2.76. The smallest absolute Gasteiger partial charge is 0.344 e. The summed E-state index contributed by atoms with van der Waals surface area (Å²) >= 11 is 0. The van der Waals surface area contributed by atoms with Crippen molar-refractivity contribution in [3.63, 3.8) is 0 Å². The van der Waals surface area contributed by atoms with E-state index in [0.29, 0.717) is 22.8 Å². The van der Waals surface area contributed by atoms with Gasteiger partial charge in [0.25, 0.3) is 0 Å². The second kappa shape index (κ2) is 7.95. The van der Waals surface area contributed by atoms with Gasteiger partial charge in [-0.15, -0.1) is 0 Å². The van der Waals surface area contributed by atoms with Crippen LogP contribution in [0.3, 0.4) is 0 Å². The maximum atomic E-state index is 13.9. The van der Waals surface area contributed by atoms with Crippen LogP contribution in [0.2, 0.25) is 0 Å². The van der Waals surface area contributed by atoms with E-state index in [1.807, 2.05) is 30.3 Å². The lowest BCUT2D eigenvalue weighted by Gasteiger charge is -2.22. The lowest BCUT2D eigenvalue weighted by molar-refractivity contribution is 0.0891. The van der Waals surface area contributed by atoms with Crippen molar-refractivity contribution in [1.82, 2.24) is 4.40 Å². The molecule has 0 radical (unpaired) electrons. The van der Waals surface area contributed by atoms with Gasteiger partial charge in [-0.05, 0) is 111 Å². The van der Waals surface area contributed by atoms with Gasteiger partial charge in [0.1, 0.15) is 5.58 Å². The number of benzene rings is 4. The van der Waals surface area contributed by atoms with Crippen LogP contribution in [0.25, 0.3) is 59.8 Å². The number of fused-ring (bicyclic) bond motifs is 14. The molecule has 44 heavy (non-hydrogen) atoms. The quantitative estimate of drug-likeness (QED) is 0.134. The van der Waals surface area contributed by atoms with Gasteiger partial charge in [0.2, 0.25) is 0 Å². The Balaban J connectivity index is 1.39. The molecule has 4 bridgehead atoms. The molecule has 13 rings (SSSR count). The molecule has 7 aromatic rings. The van der Waals surface area contributed by atoms with Crippen molar-refractivity contribution in [2.24, 2.45) is 11.8 Å². The zero-order valence-electron chi connectivity index (χ0n) is 24.2. The lowest BCUT2D eigenvalue weighted by atomic mass is 9.82. The summed E-state index contributed by atoms with van der Waals surface area (Å²) in [6.45, 7) is 0. The van der Waals surface area contributed by atoms with E-state index in [1.54, 1.807) is 0 Å². The molecule has 0 unspecified atom stereocenters. The van der Waals surface area contributed by atoms with Gasteiger partial charge in [0.15, 0.2) is 11.6 Å². The van der Waals surface area contributed by atoms with Crippen molar-refractivity contribution in [2.45, 2.75) is 63.2 Å². The van der Waals surface area contributed by atoms with Crippen molar-refractivity contribution in [3.8, 4) is 0 Å².